The first-order valence-electron chi connectivity index (χ1n) is 7.95. The average molecular weight is 337 g/mol. The lowest BCUT2D eigenvalue weighted by Crippen LogP contribution is -2.30. The van der Waals surface area contributed by atoms with Crippen LogP contribution in [0.1, 0.15) is 33.6 Å². The highest BCUT2D eigenvalue weighted by atomic mass is 16.5. The maximum atomic E-state index is 12.4. The standard InChI is InChI=1S/C17H27N3O4/c1-19(7-5-9-23-3)16(21)14-11-15(13-18-12-14)17(22)20(2)8-6-10-24-4/h11-13H,5-10H2,1-4H3. The van der Waals surface area contributed by atoms with Crippen molar-refractivity contribution in [3.63, 3.8) is 0 Å². The molecule has 24 heavy (non-hydrogen) atoms. The molecule has 134 valence electrons. The number of ether oxygens (including phenoxy) is 2. The van der Waals surface area contributed by atoms with Gasteiger partial charge in [-0.3, -0.25) is 14.6 Å². The number of amides is 2. The van der Waals surface area contributed by atoms with Gasteiger partial charge in [0, 0.05) is 67.0 Å². The number of hydrogen-bond donors (Lipinski definition) is 0. The zero-order chi connectivity index (χ0) is 17.9. The molecule has 0 fully saturated rings. The van der Waals surface area contributed by atoms with E-state index in [9.17, 15) is 9.59 Å². The molecule has 1 rings (SSSR count). The molecular formula is C17H27N3O4. The Hall–Kier alpha value is -1.99. The highest BCUT2D eigenvalue weighted by Gasteiger charge is 2.16. The molecule has 0 saturated heterocycles. The monoisotopic (exact) mass is 337 g/mol. The summed E-state index contributed by atoms with van der Waals surface area (Å²) in [5.74, 6) is -0.314. The molecule has 0 aliphatic carbocycles. The van der Waals surface area contributed by atoms with Gasteiger partial charge in [-0.15, -0.1) is 0 Å². The third-order valence-corrected chi connectivity index (χ3v) is 3.61. The largest absolute Gasteiger partial charge is 0.385 e. The molecule has 0 atom stereocenters. The average Bonchev–Trinajstić information content (AvgIpc) is 2.60. The summed E-state index contributed by atoms with van der Waals surface area (Å²) in [6, 6.07) is 1.59. The van der Waals surface area contributed by atoms with Gasteiger partial charge < -0.3 is 19.3 Å². The van der Waals surface area contributed by atoms with Crippen LogP contribution >= 0.6 is 0 Å². The van der Waals surface area contributed by atoms with Gasteiger partial charge in [-0.05, 0) is 18.9 Å². The lowest BCUT2D eigenvalue weighted by molar-refractivity contribution is 0.0777. The first-order chi connectivity index (χ1) is 11.5. The highest BCUT2D eigenvalue weighted by Crippen LogP contribution is 2.09. The minimum absolute atomic E-state index is 0.157. The zero-order valence-electron chi connectivity index (χ0n) is 14.9. The number of pyridine rings is 1. The second kappa shape index (κ2) is 10.7. The van der Waals surface area contributed by atoms with Crippen LogP contribution in [-0.2, 0) is 9.47 Å². The first-order valence-corrected chi connectivity index (χ1v) is 7.95. The third kappa shape index (κ3) is 6.25. The van der Waals surface area contributed by atoms with Crippen LogP contribution in [0.25, 0.3) is 0 Å². The summed E-state index contributed by atoms with van der Waals surface area (Å²) in [6.07, 6.45) is 4.48. The summed E-state index contributed by atoms with van der Waals surface area (Å²) in [7, 11) is 6.71. The molecule has 0 aromatic carbocycles. The number of carbonyl (C=O) groups excluding carboxylic acids is 2. The van der Waals surface area contributed by atoms with Crippen molar-refractivity contribution in [1.29, 1.82) is 0 Å². The molecule has 7 heteroatoms. The topological polar surface area (TPSA) is 72.0 Å². The number of hydrogen-bond acceptors (Lipinski definition) is 5. The zero-order valence-corrected chi connectivity index (χ0v) is 14.9. The Morgan fingerprint density at radius 2 is 1.33 bits per heavy atom. The molecule has 7 nitrogen and oxygen atoms in total. The van der Waals surface area contributed by atoms with Crippen molar-refractivity contribution in [2.24, 2.45) is 0 Å². The van der Waals surface area contributed by atoms with Crippen LogP contribution in [0.15, 0.2) is 18.5 Å². The summed E-state index contributed by atoms with van der Waals surface area (Å²) in [5.41, 5.74) is 0.817. The van der Waals surface area contributed by atoms with Crippen molar-refractivity contribution < 1.29 is 19.1 Å². The Morgan fingerprint density at radius 3 is 1.71 bits per heavy atom. The van der Waals surface area contributed by atoms with Crippen LogP contribution in [-0.4, -0.2) is 81.2 Å². The van der Waals surface area contributed by atoms with Crippen molar-refractivity contribution in [3.8, 4) is 0 Å². The normalized spacial score (nSPS) is 10.5. The molecule has 1 aromatic heterocycles. The molecule has 1 heterocycles. The highest BCUT2D eigenvalue weighted by molar-refractivity contribution is 5.99. The molecule has 0 bridgehead atoms. The van der Waals surface area contributed by atoms with E-state index in [4.69, 9.17) is 9.47 Å². The van der Waals surface area contributed by atoms with E-state index in [-0.39, 0.29) is 11.8 Å². The maximum absolute atomic E-state index is 12.4. The molecule has 0 saturated carbocycles. The minimum atomic E-state index is -0.157. The SMILES string of the molecule is COCCCN(C)C(=O)c1cncc(C(=O)N(C)CCCOC)c1. The summed E-state index contributed by atoms with van der Waals surface area (Å²) in [6.45, 7) is 2.37. The van der Waals surface area contributed by atoms with Crippen molar-refractivity contribution in [2.45, 2.75) is 12.8 Å². The number of carbonyl (C=O) groups is 2. The van der Waals surface area contributed by atoms with E-state index in [1.807, 2.05) is 0 Å². The van der Waals surface area contributed by atoms with Gasteiger partial charge in [0.15, 0.2) is 0 Å². The Bertz CT molecular complexity index is 493. The van der Waals surface area contributed by atoms with E-state index >= 15 is 0 Å². The molecule has 0 aliphatic heterocycles. The fraction of sp³-hybridized carbons (Fsp3) is 0.588. The predicted molar refractivity (Wildman–Crippen MR) is 91.1 cm³/mol. The second-order valence-electron chi connectivity index (χ2n) is 5.61. The molecule has 0 radical (unpaired) electrons. The van der Waals surface area contributed by atoms with Crippen molar-refractivity contribution in [3.05, 3.63) is 29.6 Å². The smallest absolute Gasteiger partial charge is 0.255 e. The van der Waals surface area contributed by atoms with Crippen molar-refractivity contribution >= 4 is 11.8 Å². The van der Waals surface area contributed by atoms with Gasteiger partial charge in [-0.1, -0.05) is 0 Å². The lowest BCUT2D eigenvalue weighted by Gasteiger charge is -2.19. The van der Waals surface area contributed by atoms with Crippen molar-refractivity contribution in [1.82, 2.24) is 14.8 Å². The Balaban J connectivity index is 2.71. The van der Waals surface area contributed by atoms with E-state index in [1.165, 1.54) is 12.4 Å². The number of aromatic nitrogens is 1. The fourth-order valence-corrected chi connectivity index (χ4v) is 2.21. The second-order valence-corrected chi connectivity index (χ2v) is 5.61. The van der Waals surface area contributed by atoms with Gasteiger partial charge in [-0.25, -0.2) is 0 Å². The molecule has 1 aromatic rings. The lowest BCUT2D eigenvalue weighted by atomic mass is 10.1. The van der Waals surface area contributed by atoms with E-state index in [1.54, 1.807) is 44.2 Å². The molecule has 2 amide bonds. The Morgan fingerprint density at radius 1 is 0.917 bits per heavy atom. The van der Waals surface area contributed by atoms with Gasteiger partial charge in [0.05, 0.1) is 11.1 Å². The van der Waals surface area contributed by atoms with Crippen LogP contribution in [0.4, 0.5) is 0 Å². The summed E-state index contributed by atoms with van der Waals surface area (Å²) < 4.78 is 9.97. The number of methoxy groups -OCH3 is 2. The first kappa shape index (κ1) is 20.1. The summed E-state index contributed by atoms with van der Waals surface area (Å²) >= 11 is 0. The fourth-order valence-electron chi connectivity index (χ4n) is 2.21. The Kier molecular flexibility index (Phi) is 8.96. The number of rotatable bonds is 10. The molecule has 0 N–H and O–H groups in total. The van der Waals surface area contributed by atoms with Crippen molar-refractivity contribution in [2.75, 3.05) is 54.6 Å². The summed E-state index contributed by atoms with van der Waals surface area (Å²) in [4.78, 5) is 32.0. The Labute approximate surface area is 143 Å². The maximum Gasteiger partial charge on any atom is 0.255 e. The predicted octanol–water partition coefficient (Wildman–Crippen LogP) is 1.30. The minimum Gasteiger partial charge on any atom is -0.385 e. The molecule has 0 aliphatic rings. The van der Waals surface area contributed by atoms with Crippen LogP contribution < -0.4 is 0 Å². The van der Waals surface area contributed by atoms with Gasteiger partial charge in [0.2, 0.25) is 0 Å². The van der Waals surface area contributed by atoms with Gasteiger partial charge in [0.1, 0.15) is 0 Å². The molecule has 0 spiro atoms. The van der Waals surface area contributed by atoms with Crippen LogP contribution in [0.5, 0.6) is 0 Å². The summed E-state index contributed by atoms with van der Waals surface area (Å²) in [5, 5.41) is 0. The van der Waals surface area contributed by atoms with Crippen LogP contribution in [0, 0.1) is 0 Å². The van der Waals surface area contributed by atoms with Gasteiger partial charge >= 0.3 is 0 Å². The third-order valence-electron chi connectivity index (χ3n) is 3.61. The van der Waals surface area contributed by atoms with Gasteiger partial charge in [0.25, 0.3) is 11.8 Å². The van der Waals surface area contributed by atoms with Crippen LogP contribution in [0.3, 0.4) is 0 Å². The van der Waals surface area contributed by atoms with E-state index in [0.29, 0.717) is 37.4 Å². The number of nitrogens with zero attached hydrogens (tertiary/aromatic N) is 3. The molecular weight excluding hydrogens is 310 g/mol. The van der Waals surface area contributed by atoms with E-state index in [0.717, 1.165) is 12.8 Å². The van der Waals surface area contributed by atoms with Gasteiger partial charge in [-0.2, -0.15) is 0 Å². The van der Waals surface area contributed by atoms with E-state index in [2.05, 4.69) is 4.98 Å². The quantitative estimate of drug-likeness (QED) is 0.602. The van der Waals surface area contributed by atoms with E-state index < -0.39 is 0 Å². The molecule has 0 unspecified atom stereocenters. The van der Waals surface area contributed by atoms with Crippen LogP contribution in [0.2, 0.25) is 0 Å².